The molecule has 0 radical (unpaired) electrons. The molecule has 160 valence electrons. The van der Waals surface area contributed by atoms with Crippen LogP contribution in [0.4, 0.5) is 5.13 Å². The summed E-state index contributed by atoms with van der Waals surface area (Å²) in [4.78, 5) is 22.1. The SMILES string of the molecule is COc1ccc2nc(NC(=O)C(C)Sc3nc4c(cc3C#N)CCCCCC4)sc2c1. The average Bonchev–Trinajstić information content (AvgIpc) is 3.15. The van der Waals surface area contributed by atoms with E-state index >= 15 is 0 Å². The van der Waals surface area contributed by atoms with Crippen molar-refractivity contribution in [2.24, 2.45) is 0 Å². The molecule has 1 aliphatic rings. The Morgan fingerprint density at radius 2 is 2.03 bits per heavy atom. The number of thioether (sulfide) groups is 1. The van der Waals surface area contributed by atoms with Gasteiger partial charge in [0.1, 0.15) is 16.8 Å². The zero-order valence-corrected chi connectivity index (χ0v) is 19.2. The van der Waals surface area contributed by atoms with Crippen LogP contribution in [0.25, 0.3) is 10.2 Å². The molecule has 6 nitrogen and oxygen atoms in total. The van der Waals surface area contributed by atoms with Gasteiger partial charge in [-0.1, -0.05) is 35.9 Å². The molecule has 3 aromatic rings. The maximum absolute atomic E-state index is 12.8. The van der Waals surface area contributed by atoms with Gasteiger partial charge in [0.2, 0.25) is 5.91 Å². The van der Waals surface area contributed by atoms with Gasteiger partial charge < -0.3 is 10.1 Å². The molecule has 1 atom stereocenters. The first-order valence-corrected chi connectivity index (χ1v) is 12.1. The minimum absolute atomic E-state index is 0.159. The van der Waals surface area contributed by atoms with Gasteiger partial charge in [-0.25, -0.2) is 9.97 Å². The number of benzene rings is 1. The molecule has 0 fully saturated rings. The molecular weight excluding hydrogens is 428 g/mol. The molecule has 0 aliphatic heterocycles. The van der Waals surface area contributed by atoms with E-state index in [9.17, 15) is 10.1 Å². The van der Waals surface area contributed by atoms with Crippen molar-refractivity contribution in [2.45, 2.75) is 55.7 Å². The van der Waals surface area contributed by atoms with Gasteiger partial charge >= 0.3 is 0 Å². The number of amides is 1. The zero-order valence-electron chi connectivity index (χ0n) is 17.6. The van der Waals surface area contributed by atoms with Gasteiger partial charge in [-0.05, 0) is 62.4 Å². The third-order valence-corrected chi connectivity index (χ3v) is 7.41. The van der Waals surface area contributed by atoms with E-state index in [0.29, 0.717) is 15.7 Å². The molecule has 1 aromatic carbocycles. The standard InChI is InChI=1S/C23H24N4O2S2/c1-14(21(28)27-23-26-19-10-9-17(29-2)12-20(19)31-23)30-22-16(13-24)11-15-7-5-3-4-6-8-18(15)25-22/h9-12,14H,3-8H2,1-2H3,(H,26,27,28). The summed E-state index contributed by atoms with van der Waals surface area (Å²) in [7, 11) is 1.62. The number of fused-ring (bicyclic) bond motifs is 2. The number of hydrogen-bond donors (Lipinski definition) is 1. The van der Waals surface area contributed by atoms with Gasteiger partial charge in [0.15, 0.2) is 5.13 Å². The van der Waals surface area contributed by atoms with Crippen LogP contribution < -0.4 is 10.1 Å². The normalized spacial score (nSPS) is 14.7. The highest BCUT2D eigenvalue weighted by Gasteiger charge is 2.21. The molecule has 0 saturated heterocycles. The van der Waals surface area contributed by atoms with Crippen LogP contribution in [0.15, 0.2) is 29.3 Å². The number of ether oxygens (including phenoxy) is 1. The number of anilines is 1. The fraction of sp³-hybridized carbons (Fsp3) is 0.391. The number of carbonyl (C=O) groups is 1. The van der Waals surface area contributed by atoms with E-state index in [-0.39, 0.29) is 5.91 Å². The molecule has 2 aromatic heterocycles. The van der Waals surface area contributed by atoms with E-state index < -0.39 is 5.25 Å². The number of nitriles is 1. The monoisotopic (exact) mass is 452 g/mol. The van der Waals surface area contributed by atoms with Crippen molar-refractivity contribution < 1.29 is 9.53 Å². The molecule has 0 spiro atoms. The molecular formula is C23H24N4O2S2. The van der Waals surface area contributed by atoms with Crippen molar-refractivity contribution >= 4 is 44.4 Å². The van der Waals surface area contributed by atoms with E-state index in [0.717, 1.165) is 47.3 Å². The van der Waals surface area contributed by atoms with Crippen LogP contribution >= 0.6 is 23.1 Å². The molecule has 0 saturated carbocycles. The highest BCUT2D eigenvalue weighted by Crippen LogP contribution is 2.32. The van der Waals surface area contributed by atoms with Crippen LogP contribution in [0.3, 0.4) is 0 Å². The summed E-state index contributed by atoms with van der Waals surface area (Å²) in [6, 6.07) is 9.87. The average molecular weight is 453 g/mol. The number of thiazole rings is 1. The van der Waals surface area contributed by atoms with Gasteiger partial charge in [-0.3, -0.25) is 4.79 Å². The highest BCUT2D eigenvalue weighted by atomic mass is 32.2. The van der Waals surface area contributed by atoms with Gasteiger partial charge in [-0.15, -0.1) is 0 Å². The Bertz CT molecular complexity index is 1150. The van der Waals surface area contributed by atoms with Crippen molar-refractivity contribution in [3.05, 3.63) is 41.1 Å². The van der Waals surface area contributed by atoms with E-state index in [1.54, 1.807) is 7.11 Å². The summed E-state index contributed by atoms with van der Waals surface area (Å²) >= 11 is 2.74. The minimum Gasteiger partial charge on any atom is -0.497 e. The third kappa shape index (κ3) is 5.00. The molecule has 4 rings (SSSR count). The lowest BCUT2D eigenvalue weighted by Crippen LogP contribution is -2.22. The van der Waals surface area contributed by atoms with Crippen molar-refractivity contribution in [3.63, 3.8) is 0 Å². The number of aryl methyl sites for hydroxylation is 2. The van der Waals surface area contributed by atoms with Crippen LogP contribution in [0.2, 0.25) is 0 Å². The maximum atomic E-state index is 12.8. The van der Waals surface area contributed by atoms with E-state index in [2.05, 4.69) is 16.4 Å². The first kappa shape index (κ1) is 21.6. The molecule has 8 heteroatoms. The van der Waals surface area contributed by atoms with Crippen LogP contribution in [0.1, 0.15) is 49.4 Å². The topological polar surface area (TPSA) is 87.9 Å². The lowest BCUT2D eigenvalue weighted by molar-refractivity contribution is -0.115. The second-order valence-corrected chi connectivity index (χ2v) is 9.94. The predicted octanol–water partition coefficient (Wildman–Crippen LogP) is 5.35. The summed E-state index contributed by atoms with van der Waals surface area (Å²) < 4.78 is 6.20. The molecule has 1 aliphatic carbocycles. The molecule has 0 bridgehead atoms. The van der Waals surface area contributed by atoms with Crippen molar-refractivity contribution in [2.75, 3.05) is 12.4 Å². The highest BCUT2D eigenvalue weighted by molar-refractivity contribution is 8.00. The number of carbonyl (C=O) groups excluding carboxylic acids is 1. The summed E-state index contributed by atoms with van der Waals surface area (Å²) in [6.07, 6.45) is 6.61. The Morgan fingerprint density at radius 3 is 2.81 bits per heavy atom. The number of nitrogens with one attached hydrogen (secondary N) is 1. The van der Waals surface area contributed by atoms with Crippen LogP contribution in [0, 0.1) is 11.3 Å². The van der Waals surface area contributed by atoms with E-state index in [1.807, 2.05) is 31.2 Å². The Labute approximate surface area is 190 Å². The minimum atomic E-state index is -0.409. The van der Waals surface area contributed by atoms with E-state index in [4.69, 9.17) is 9.72 Å². The van der Waals surface area contributed by atoms with Crippen LogP contribution in [-0.4, -0.2) is 28.2 Å². The summed E-state index contributed by atoms with van der Waals surface area (Å²) in [5.41, 5.74) is 3.63. The van der Waals surface area contributed by atoms with Gasteiger partial charge in [0, 0.05) is 5.69 Å². The first-order valence-electron chi connectivity index (χ1n) is 10.4. The number of pyridine rings is 1. The Balaban J connectivity index is 1.49. The summed E-state index contributed by atoms with van der Waals surface area (Å²) in [5, 5.41) is 13.3. The second kappa shape index (κ2) is 9.67. The smallest absolute Gasteiger partial charge is 0.239 e. The van der Waals surface area contributed by atoms with Crippen LogP contribution in [-0.2, 0) is 17.6 Å². The van der Waals surface area contributed by atoms with Crippen molar-refractivity contribution in [1.82, 2.24) is 9.97 Å². The quantitative estimate of drug-likeness (QED) is 0.525. The van der Waals surface area contributed by atoms with Gasteiger partial charge in [-0.2, -0.15) is 5.26 Å². The predicted molar refractivity (Wildman–Crippen MR) is 125 cm³/mol. The maximum Gasteiger partial charge on any atom is 0.239 e. The number of methoxy groups -OCH3 is 1. The number of aromatic nitrogens is 2. The Morgan fingerprint density at radius 1 is 1.23 bits per heavy atom. The molecule has 2 heterocycles. The molecule has 31 heavy (non-hydrogen) atoms. The van der Waals surface area contributed by atoms with Crippen molar-refractivity contribution in [3.8, 4) is 11.8 Å². The first-order chi connectivity index (χ1) is 15.1. The van der Waals surface area contributed by atoms with Crippen molar-refractivity contribution in [1.29, 1.82) is 5.26 Å². The lowest BCUT2D eigenvalue weighted by Gasteiger charge is -2.16. The van der Waals surface area contributed by atoms with Crippen LogP contribution in [0.5, 0.6) is 5.75 Å². The largest absolute Gasteiger partial charge is 0.497 e. The molecule has 1 unspecified atom stereocenters. The Hall–Kier alpha value is -2.63. The van der Waals surface area contributed by atoms with E-state index in [1.165, 1.54) is 41.5 Å². The second-order valence-electron chi connectivity index (χ2n) is 7.57. The number of nitrogens with zero attached hydrogens (tertiary/aromatic N) is 3. The van der Waals surface area contributed by atoms with Gasteiger partial charge in [0.05, 0.1) is 28.1 Å². The number of rotatable bonds is 5. The summed E-state index contributed by atoms with van der Waals surface area (Å²) in [5.74, 6) is 0.598. The Kier molecular flexibility index (Phi) is 6.73. The lowest BCUT2D eigenvalue weighted by atomic mass is 9.96. The molecule has 1 amide bonds. The third-order valence-electron chi connectivity index (χ3n) is 5.37. The summed E-state index contributed by atoms with van der Waals surface area (Å²) in [6.45, 7) is 1.83. The fourth-order valence-electron chi connectivity index (χ4n) is 3.65. The molecule has 1 N–H and O–H groups in total. The zero-order chi connectivity index (χ0) is 21.8. The van der Waals surface area contributed by atoms with Gasteiger partial charge in [0.25, 0.3) is 0 Å². The number of hydrogen-bond acceptors (Lipinski definition) is 7. The fourth-order valence-corrected chi connectivity index (χ4v) is 5.44.